The number of esters is 2. The van der Waals surface area contributed by atoms with Crippen LogP contribution >= 0.6 is 0 Å². The summed E-state index contributed by atoms with van der Waals surface area (Å²) in [6.07, 6.45) is -2.87. The number of alkyl halides is 1. The van der Waals surface area contributed by atoms with Gasteiger partial charge in [-0.1, -0.05) is 63.2 Å². The number of nitrogens with zero attached hydrogens (tertiary/aromatic N) is 5. The predicted molar refractivity (Wildman–Crippen MR) is 249 cm³/mol. The molecule has 3 fully saturated rings. The zero-order valence-corrected chi connectivity index (χ0v) is 41.2. The van der Waals surface area contributed by atoms with Crippen LogP contribution in [0.25, 0.3) is 11.3 Å². The number of nitrogens with two attached hydrogens (primary N) is 1. The molecule has 3 aromatic rings. The van der Waals surface area contributed by atoms with Crippen molar-refractivity contribution in [1.82, 2.24) is 24.8 Å². The summed E-state index contributed by atoms with van der Waals surface area (Å²) >= 11 is 0. The third-order valence-corrected chi connectivity index (χ3v) is 14.2. The minimum atomic E-state index is -3.24. The number of likely N-dealkylation sites (N-methyl/N-ethyl adjacent to an activating group) is 1. The number of carbonyl (C=O) groups is 5. The number of fused-ring (bicyclic) bond motifs is 1. The number of aromatic nitrogens is 3. The third kappa shape index (κ3) is 10.8. The molecule has 18 heteroatoms. The first-order valence-electron chi connectivity index (χ1n) is 23.6. The molecule has 0 bridgehead atoms. The van der Waals surface area contributed by atoms with Gasteiger partial charge < -0.3 is 44.0 Å². The topological polar surface area (TPSA) is 204 Å². The Kier molecular flexibility index (Phi) is 16.2. The quantitative estimate of drug-likeness (QED) is 0.0642. The molecule has 0 saturated carbocycles. The highest BCUT2D eigenvalue weighted by Crippen LogP contribution is 2.44. The zero-order valence-electron chi connectivity index (χ0n) is 41.2. The highest BCUT2D eigenvalue weighted by Gasteiger charge is 2.62. The summed E-state index contributed by atoms with van der Waals surface area (Å²) in [4.78, 5) is 74.7. The first kappa shape index (κ1) is 52.1. The number of rotatable bonds is 13. The molecule has 1 aromatic heterocycles. The molecule has 17 nitrogen and oxygen atoms in total. The van der Waals surface area contributed by atoms with Gasteiger partial charge in [0.25, 0.3) is 5.67 Å². The summed E-state index contributed by atoms with van der Waals surface area (Å²) in [5.74, 6) is -6.71. The molecule has 3 aliphatic heterocycles. The molecule has 372 valence electrons. The van der Waals surface area contributed by atoms with Gasteiger partial charge in [-0.05, 0) is 98.2 Å². The van der Waals surface area contributed by atoms with E-state index < -0.39 is 101 Å². The van der Waals surface area contributed by atoms with Gasteiger partial charge >= 0.3 is 18.0 Å². The number of unbranched alkanes of at least 4 members (excludes halogenated alkanes) is 1. The average molecular weight is 949 g/mol. The van der Waals surface area contributed by atoms with Crippen LogP contribution in [-0.4, -0.2) is 142 Å². The second-order valence-corrected chi connectivity index (χ2v) is 19.5. The zero-order chi connectivity index (χ0) is 49.9. The number of nitrogen functional groups attached to an aromatic ring is 1. The highest BCUT2D eigenvalue weighted by atomic mass is 19.1. The Morgan fingerprint density at radius 2 is 1.66 bits per heavy atom. The maximum Gasteiger partial charge on any atom is 0.410 e. The number of anilines is 1. The van der Waals surface area contributed by atoms with Crippen LogP contribution in [0.4, 0.5) is 14.9 Å². The van der Waals surface area contributed by atoms with Gasteiger partial charge in [0.2, 0.25) is 0 Å². The number of benzene rings is 2. The fourth-order valence-corrected chi connectivity index (χ4v) is 10.4. The first-order chi connectivity index (χ1) is 32.1. The van der Waals surface area contributed by atoms with Crippen LogP contribution < -0.4 is 5.73 Å². The second kappa shape index (κ2) is 21.1. The molecule has 0 unspecified atom stereocenters. The van der Waals surface area contributed by atoms with Crippen LogP contribution in [0.2, 0.25) is 0 Å². The Hall–Kier alpha value is -5.30. The molecule has 0 spiro atoms. The van der Waals surface area contributed by atoms with E-state index in [9.17, 15) is 24.0 Å². The molecule has 0 aliphatic carbocycles. The predicted octanol–water partition coefficient (Wildman–Crippen LogP) is 6.47. The van der Waals surface area contributed by atoms with Crippen molar-refractivity contribution in [2.24, 2.45) is 17.8 Å². The van der Waals surface area contributed by atoms with Crippen LogP contribution in [-0.2, 0) is 49.3 Å². The van der Waals surface area contributed by atoms with Gasteiger partial charge in [-0.2, -0.15) is 0 Å². The maximum absolute atomic E-state index is 17.2. The number of ketones is 2. The lowest BCUT2D eigenvalue weighted by Crippen LogP contribution is -2.62. The van der Waals surface area contributed by atoms with Crippen molar-refractivity contribution in [2.45, 2.75) is 154 Å². The van der Waals surface area contributed by atoms with Crippen LogP contribution in [0.15, 0.2) is 60.8 Å². The fourth-order valence-electron chi connectivity index (χ4n) is 10.4. The van der Waals surface area contributed by atoms with E-state index in [1.54, 1.807) is 75.7 Å². The number of amides is 1. The molecule has 4 heterocycles. The summed E-state index contributed by atoms with van der Waals surface area (Å²) in [7, 11) is 5.06. The Balaban J connectivity index is 1.31. The van der Waals surface area contributed by atoms with Crippen molar-refractivity contribution in [3.63, 3.8) is 0 Å². The molecule has 3 aliphatic rings. The normalized spacial score (nSPS) is 34.0. The smallest absolute Gasteiger partial charge is 0.410 e. The Labute approximate surface area is 398 Å². The summed E-state index contributed by atoms with van der Waals surface area (Å²) in [6, 6.07) is 14.4. The van der Waals surface area contributed by atoms with Gasteiger partial charge in [-0.25, -0.2) is 18.8 Å². The number of cyclic esters (lactones) is 1. The number of ether oxygens (including phenoxy) is 6. The fraction of sp³-hybridized carbons (Fsp3) is 0.620. The molecule has 1 amide bonds. The highest BCUT2D eigenvalue weighted by molar-refractivity contribution is 6.08. The number of hydrogen-bond donors (Lipinski definition) is 1. The number of methoxy groups -OCH3 is 1. The van der Waals surface area contributed by atoms with Crippen molar-refractivity contribution < 1.29 is 56.8 Å². The molecule has 6 rings (SSSR count). The largest absolute Gasteiger partial charge is 0.455 e. The summed E-state index contributed by atoms with van der Waals surface area (Å²) < 4.78 is 56.5. The Morgan fingerprint density at radius 1 is 0.971 bits per heavy atom. The minimum Gasteiger partial charge on any atom is -0.455 e. The molecular weight excluding hydrogens is 880 g/mol. The Morgan fingerprint density at radius 3 is 2.31 bits per heavy atom. The molecular formula is C50H69FN6O11. The second-order valence-electron chi connectivity index (χ2n) is 19.5. The molecule has 68 heavy (non-hydrogen) atoms. The standard InChI is InChI=1S/C50H69FN6O11/c1-12-38-50(8)41(57(47(62)68-50)24-17-16-23-56-28-36(53-54-56)34-21-18-22-35(52)26-34)31(4)39(58)29(2)27-48(6,63-11)43(32(5)42(59)49(7,51)46(61)65-38)67-45-40(37(55(9)10)25-30(3)64-45)66-44(60)33-19-14-13-15-20-33/h13-15,18-22,26,28-32,37-38,40-41,43,45H,12,16-17,23-25,27,52H2,1-11H3/t29-,30-,31+,32+,37+,38-,40-,41-,43-,45+,48+,49+,50-/m1/s1. The summed E-state index contributed by atoms with van der Waals surface area (Å²) in [6.45, 7) is 13.1. The summed E-state index contributed by atoms with van der Waals surface area (Å²) in [5, 5.41) is 8.54. The molecule has 2 aromatic carbocycles. The number of aryl methyl sites for hydroxylation is 1. The number of Topliss-reactive ketones (excluding diaryl/α,β-unsaturated/α-hetero) is 2. The van der Waals surface area contributed by atoms with Crippen molar-refractivity contribution in [2.75, 3.05) is 33.5 Å². The first-order valence-corrected chi connectivity index (χ1v) is 23.6. The lowest BCUT2D eigenvalue weighted by Gasteiger charge is -2.48. The minimum absolute atomic E-state index is 0.0542. The molecule has 0 radical (unpaired) electrons. The van der Waals surface area contributed by atoms with Crippen molar-refractivity contribution in [3.05, 3.63) is 66.4 Å². The van der Waals surface area contributed by atoms with Gasteiger partial charge in [0, 0.05) is 49.2 Å². The average Bonchev–Trinajstić information content (AvgIpc) is 3.89. The van der Waals surface area contributed by atoms with E-state index in [1.807, 2.05) is 50.3 Å². The van der Waals surface area contributed by atoms with E-state index in [0.717, 1.165) is 12.5 Å². The van der Waals surface area contributed by atoms with E-state index in [-0.39, 0.29) is 25.2 Å². The van der Waals surface area contributed by atoms with Crippen LogP contribution in [0.5, 0.6) is 0 Å². The van der Waals surface area contributed by atoms with E-state index in [4.69, 9.17) is 34.2 Å². The molecule has 13 atom stereocenters. The van der Waals surface area contributed by atoms with E-state index >= 15 is 4.39 Å². The van der Waals surface area contributed by atoms with Crippen LogP contribution in [0.3, 0.4) is 0 Å². The lowest BCUT2D eigenvalue weighted by molar-refractivity contribution is -0.295. The van der Waals surface area contributed by atoms with Gasteiger partial charge in [-0.15, -0.1) is 5.10 Å². The van der Waals surface area contributed by atoms with Gasteiger partial charge in [0.15, 0.2) is 23.8 Å². The number of carbonyl (C=O) groups excluding carboxylic acids is 5. The van der Waals surface area contributed by atoms with Crippen molar-refractivity contribution in [1.29, 1.82) is 0 Å². The monoisotopic (exact) mass is 949 g/mol. The number of halogens is 1. The third-order valence-electron chi connectivity index (χ3n) is 14.2. The van der Waals surface area contributed by atoms with Crippen LogP contribution in [0.1, 0.15) is 97.9 Å². The summed E-state index contributed by atoms with van der Waals surface area (Å²) in [5.41, 5.74) is 1.93. The van der Waals surface area contributed by atoms with Crippen LogP contribution in [0, 0.1) is 17.8 Å². The van der Waals surface area contributed by atoms with Crippen molar-refractivity contribution in [3.8, 4) is 11.3 Å². The lowest BCUT2D eigenvalue weighted by atomic mass is 9.73. The van der Waals surface area contributed by atoms with E-state index in [2.05, 4.69) is 10.3 Å². The van der Waals surface area contributed by atoms with Gasteiger partial charge in [0.1, 0.15) is 17.6 Å². The van der Waals surface area contributed by atoms with E-state index in [1.165, 1.54) is 18.9 Å². The van der Waals surface area contributed by atoms with Gasteiger partial charge in [0.05, 0.1) is 41.7 Å². The SMILES string of the molecule is CC[C@H]1OC(=O)[C@@](C)(F)C(=O)[C@H](C)[C@@H](O[C@@H]2O[C@H](C)C[C@H](N(C)C)[C@H]2OC(=O)c2ccccc2)[C@@](C)(OC)C[C@@H](C)C(=O)[C@H](C)[C@H]2N(CCCCn3cc(-c4cccc(N)c4)nn3)C(=O)O[C@]12C. The molecule has 3 saturated heterocycles. The molecule has 2 N–H and O–H groups in total. The number of hydrogen-bond acceptors (Lipinski definition) is 15. The maximum atomic E-state index is 17.2. The van der Waals surface area contributed by atoms with Gasteiger partial charge in [-0.3, -0.25) is 14.3 Å². The Bertz CT molecular complexity index is 2280. The van der Waals surface area contributed by atoms with Crippen molar-refractivity contribution >= 4 is 35.3 Å². The van der Waals surface area contributed by atoms with E-state index in [0.29, 0.717) is 42.8 Å².